The fourth-order valence-electron chi connectivity index (χ4n) is 0.929. The third-order valence-electron chi connectivity index (χ3n) is 1.55. The molecule has 0 radical (unpaired) electrons. The van der Waals surface area contributed by atoms with Gasteiger partial charge in [-0.1, -0.05) is 0 Å². The minimum atomic E-state index is -0.672. The SMILES string of the molecule is C=Nc1cc(C(=O)Cl)cc(C(=O)Cl)c1. The lowest BCUT2D eigenvalue weighted by Gasteiger charge is -1.99. The Bertz CT molecular complexity index is 383. The predicted octanol–water partition coefficient (Wildman–Crippen LogP) is 2.78. The van der Waals surface area contributed by atoms with Gasteiger partial charge in [0.25, 0.3) is 10.5 Å². The summed E-state index contributed by atoms with van der Waals surface area (Å²) in [7, 11) is 0. The largest absolute Gasteiger partial charge is 0.276 e. The highest BCUT2D eigenvalue weighted by molar-refractivity contribution is 6.69. The molecule has 0 aromatic heterocycles. The Balaban J connectivity index is 3.34. The number of rotatable bonds is 3. The van der Waals surface area contributed by atoms with E-state index in [1.807, 2.05) is 0 Å². The fourth-order valence-corrected chi connectivity index (χ4v) is 1.15. The Kier molecular flexibility index (Phi) is 3.38. The van der Waals surface area contributed by atoms with Crippen molar-refractivity contribution in [2.75, 3.05) is 0 Å². The van der Waals surface area contributed by atoms with Crippen molar-refractivity contribution in [3.8, 4) is 0 Å². The molecule has 72 valence electrons. The van der Waals surface area contributed by atoms with Crippen LogP contribution in [-0.4, -0.2) is 17.2 Å². The van der Waals surface area contributed by atoms with Crippen LogP contribution in [0.25, 0.3) is 0 Å². The van der Waals surface area contributed by atoms with Crippen LogP contribution in [0, 0.1) is 0 Å². The van der Waals surface area contributed by atoms with E-state index in [1.54, 1.807) is 0 Å². The molecule has 3 nitrogen and oxygen atoms in total. The minimum Gasteiger partial charge on any atom is -0.276 e. The van der Waals surface area contributed by atoms with E-state index < -0.39 is 10.5 Å². The summed E-state index contributed by atoms with van der Waals surface area (Å²) in [6.07, 6.45) is 0. The Hall–Kier alpha value is -1.19. The normalized spacial score (nSPS) is 9.57. The summed E-state index contributed by atoms with van der Waals surface area (Å²) in [5, 5.41) is -1.34. The highest BCUT2D eigenvalue weighted by Gasteiger charge is 2.09. The van der Waals surface area contributed by atoms with Gasteiger partial charge in [0.15, 0.2) is 0 Å². The molecule has 1 rings (SSSR count). The van der Waals surface area contributed by atoms with E-state index in [2.05, 4.69) is 11.7 Å². The molecule has 1 aromatic carbocycles. The minimum absolute atomic E-state index is 0.167. The summed E-state index contributed by atoms with van der Waals surface area (Å²) in [6, 6.07) is 4.15. The zero-order valence-corrected chi connectivity index (χ0v) is 8.47. The van der Waals surface area contributed by atoms with Crippen LogP contribution < -0.4 is 0 Å². The van der Waals surface area contributed by atoms with Crippen molar-refractivity contribution in [1.82, 2.24) is 0 Å². The number of benzene rings is 1. The van der Waals surface area contributed by atoms with Crippen LogP contribution in [0.15, 0.2) is 23.2 Å². The van der Waals surface area contributed by atoms with Gasteiger partial charge in [-0.25, -0.2) is 0 Å². The molecule has 0 unspecified atom stereocenters. The first-order valence-electron chi connectivity index (χ1n) is 3.56. The van der Waals surface area contributed by atoms with E-state index in [9.17, 15) is 9.59 Å². The van der Waals surface area contributed by atoms with Crippen LogP contribution in [-0.2, 0) is 0 Å². The van der Waals surface area contributed by atoms with Gasteiger partial charge in [-0.05, 0) is 48.1 Å². The molecular weight excluding hydrogens is 225 g/mol. The Morgan fingerprint density at radius 2 is 1.50 bits per heavy atom. The second-order valence-corrected chi connectivity index (χ2v) is 3.16. The van der Waals surface area contributed by atoms with Gasteiger partial charge in [0.2, 0.25) is 0 Å². The molecule has 14 heavy (non-hydrogen) atoms. The zero-order chi connectivity index (χ0) is 10.7. The Labute approximate surface area is 90.4 Å². The molecule has 0 saturated heterocycles. The van der Waals surface area contributed by atoms with E-state index in [-0.39, 0.29) is 11.1 Å². The molecule has 0 saturated carbocycles. The molecular formula is C9H5Cl2NO2. The van der Waals surface area contributed by atoms with Gasteiger partial charge in [-0.3, -0.25) is 14.6 Å². The summed E-state index contributed by atoms with van der Waals surface area (Å²) >= 11 is 10.5. The summed E-state index contributed by atoms with van der Waals surface area (Å²) in [5.74, 6) is 0. The summed E-state index contributed by atoms with van der Waals surface area (Å²) in [5.41, 5.74) is 0.710. The number of carbonyl (C=O) groups excluding carboxylic acids is 2. The van der Waals surface area contributed by atoms with Gasteiger partial charge in [0.1, 0.15) is 0 Å². The first-order chi connectivity index (χ1) is 6.54. The van der Waals surface area contributed by atoms with E-state index in [1.165, 1.54) is 18.2 Å². The highest BCUT2D eigenvalue weighted by atomic mass is 35.5. The molecule has 0 aliphatic heterocycles. The molecule has 0 atom stereocenters. The molecule has 0 spiro atoms. The maximum absolute atomic E-state index is 10.8. The number of aliphatic imine (C=N–C) groups is 1. The van der Waals surface area contributed by atoms with E-state index in [0.29, 0.717) is 5.69 Å². The average Bonchev–Trinajstić information content (AvgIpc) is 2.16. The van der Waals surface area contributed by atoms with E-state index in [0.717, 1.165) is 0 Å². The maximum atomic E-state index is 10.8. The van der Waals surface area contributed by atoms with Gasteiger partial charge in [-0.2, -0.15) is 0 Å². The van der Waals surface area contributed by atoms with Crippen molar-refractivity contribution in [3.63, 3.8) is 0 Å². The first kappa shape index (κ1) is 10.9. The standard InChI is InChI=1S/C9H5Cl2NO2/c1-12-7-3-5(8(10)13)2-6(4-7)9(11)14/h2-4H,1H2. The third kappa shape index (κ3) is 2.40. The summed E-state index contributed by atoms with van der Waals surface area (Å²) < 4.78 is 0. The first-order valence-corrected chi connectivity index (χ1v) is 4.31. The third-order valence-corrected chi connectivity index (χ3v) is 1.99. The van der Waals surface area contributed by atoms with Gasteiger partial charge in [0, 0.05) is 11.1 Å². The molecule has 5 heteroatoms. The molecule has 0 heterocycles. The van der Waals surface area contributed by atoms with E-state index in [4.69, 9.17) is 23.2 Å². The lowest BCUT2D eigenvalue weighted by atomic mass is 10.1. The van der Waals surface area contributed by atoms with E-state index >= 15 is 0 Å². The second kappa shape index (κ2) is 4.35. The average molecular weight is 230 g/mol. The van der Waals surface area contributed by atoms with Crippen molar-refractivity contribution >= 4 is 46.1 Å². The van der Waals surface area contributed by atoms with Crippen molar-refractivity contribution in [3.05, 3.63) is 29.3 Å². The lowest BCUT2D eigenvalue weighted by molar-refractivity contribution is 0.108. The second-order valence-electron chi connectivity index (χ2n) is 2.47. The van der Waals surface area contributed by atoms with Gasteiger partial charge >= 0.3 is 0 Å². The summed E-state index contributed by atoms with van der Waals surface area (Å²) in [4.78, 5) is 25.3. The molecule has 0 bridgehead atoms. The van der Waals surface area contributed by atoms with Crippen molar-refractivity contribution in [1.29, 1.82) is 0 Å². The highest BCUT2D eigenvalue weighted by Crippen LogP contribution is 2.19. The lowest BCUT2D eigenvalue weighted by Crippen LogP contribution is -1.94. The van der Waals surface area contributed by atoms with Gasteiger partial charge in [-0.15, -0.1) is 0 Å². The predicted molar refractivity (Wildman–Crippen MR) is 56.0 cm³/mol. The smallest absolute Gasteiger partial charge is 0.252 e. The number of hydrogen-bond donors (Lipinski definition) is 0. The molecule has 0 aliphatic carbocycles. The zero-order valence-electron chi connectivity index (χ0n) is 6.96. The van der Waals surface area contributed by atoms with Crippen LogP contribution in [0.5, 0.6) is 0 Å². The maximum Gasteiger partial charge on any atom is 0.252 e. The van der Waals surface area contributed by atoms with Crippen LogP contribution in [0.2, 0.25) is 0 Å². The van der Waals surface area contributed by atoms with Crippen molar-refractivity contribution in [2.45, 2.75) is 0 Å². The molecule has 1 aromatic rings. The molecule has 0 aliphatic rings. The molecule has 0 fully saturated rings. The van der Waals surface area contributed by atoms with Crippen LogP contribution >= 0.6 is 23.2 Å². The van der Waals surface area contributed by atoms with Crippen molar-refractivity contribution < 1.29 is 9.59 Å². The Morgan fingerprint density at radius 1 is 1.07 bits per heavy atom. The number of carbonyl (C=O) groups is 2. The molecule has 0 amide bonds. The topological polar surface area (TPSA) is 46.5 Å². The fraction of sp³-hybridized carbons (Fsp3) is 0. The van der Waals surface area contributed by atoms with Gasteiger partial charge < -0.3 is 0 Å². The van der Waals surface area contributed by atoms with Gasteiger partial charge in [0.05, 0.1) is 5.69 Å². The monoisotopic (exact) mass is 229 g/mol. The number of hydrogen-bond acceptors (Lipinski definition) is 3. The quantitative estimate of drug-likeness (QED) is 0.592. The van der Waals surface area contributed by atoms with Crippen LogP contribution in [0.4, 0.5) is 5.69 Å². The summed E-state index contributed by atoms with van der Waals surface area (Å²) in [6.45, 7) is 3.27. The number of nitrogens with zero attached hydrogens (tertiary/aromatic N) is 1. The Morgan fingerprint density at radius 3 is 1.79 bits per heavy atom. The van der Waals surface area contributed by atoms with Crippen molar-refractivity contribution in [2.24, 2.45) is 4.99 Å². The van der Waals surface area contributed by atoms with Crippen LogP contribution in [0.3, 0.4) is 0 Å². The van der Waals surface area contributed by atoms with Crippen LogP contribution in [0.1, 0.15) is 20.7 Å². The number of halogens is 2. The molecule has 0 N–H and O–H groups in total.